The smallest absolute Gasteiger partial charge is 0.255 e. The van der Waals surface area contributed by atoms with Gasteiger partial charge in [-0.25, -0.2) is 0 Å². The predicted molar refractivity (Wildman–Crippen MR) is 118 cm³/mol. The van der Waals surface area contributed by atoms with Gasteiger partial charge in [-0.15, -0.1) is 0 Å². The van der Waals surface area contributed by atoms with Gasteiger partial charge in [0.15, 0.2) is 0 Å². The van der Waals surface area contributed by atoms with Gasteiger partial charge in [0.25, 0.3) is 5.91 Å². The molecule has 0 bridgehead atoms. The number of aryl methyl sites for hydroxylation is 2. The third-order valence-electron chi connectivity index (χ3n) is 5.59. The summed E-state index contributed by atoms with van der Waals surface area (Å²) in [5.41, 5.74) is 4.42. The molecule has 5 heteroatoms. The van der Waals surface area contributed by atoms with Crippen LogP contribution in [-0.4, -0.2) is 25.5 Å². The Morgan fingerprint density at radius 1 is 0.833 bits per heavy atom. The molecule has 0 aliphatic carbocycles. The molecule has 3 aromatic carbocycles. The van der Waals surface area contributed by atoms with Gasteiger partial charge in [0.2, 0.25) is 5.91 Å². The van der Waals surface area contributed by atoms with Gasteiger partial charge in [-0.1, -0.05) is 36.4 Å². The molecule has 0 saturated carbocycles. The lowest BCUT2D eigenvalue weighted by Gasteiger charge is -2.40. The number of nitrogens with zero attached hydrogens (tertiary/aromatic N) is 2. The summed E-state index contributed by atoms with van der Waals surface area (Å²) in [5.74, 6) is 0.439. The van der Waals surface area contributed by atoms with Crippen molar-refractivity contribution in [3.63, 3.8) is 0 Å². The highest BCUT2D eigenvalue weighted by Gasteiger charge is 2.41. The van der Waals surface area contributed by atoms with Crippen molar-refractivity contribution in [2.45, 2.75) is 19.9 Å². The SMILES string of the molecule is COc1ccc(N2C(=O)CN(c3ccc(C)c(C)c3)C(=O)[C@@H]2c2ccccc2)cc1. The maximum absolute atomic E-state index is 13.7. The molecule has 1 fully saturated rings. The maximum Gasteiger partial charge on any atom is 0.255 e. The number of anilines is 2. The van der Waals surface area contributed by atoms with Crippen molar-refractivity contribution in [1.82, 2.24) is 0 Å². The van der Waals surface area contributed by atoms with Crippen molar-refractivity contribution in [1.29, 1.82) is 0 Å². The molecule has 0 unspecified atom stereocenters. The zero-order valence-corrected chi connectivity index (χ0v) is 17.3. The number of amides is 2. The molecule has 1 saturated heterocycles. The second-order valence-electron chi connectivity index (χ2n) is 7.47. The van der Waals surface area contributed by atoms with Crippen LogP contribution in [0.4, 0.5) is 11.4 Å². The van der Waals surface area contributed by atoms with Gasteiger partial charge >= 0.3 is 0 Å². The van der Waals surface area contributed by atoms with Crippen molar-refractivity contribution in [2.75, 3.05) is 23.5 Å². The summed E-state index contributed by atoms with van der Waals surface area (Å²) in [6, 6.07) is 21.8. The third-order valence-corrected chi connectivity index (χ3v) is 5.59. The van der Waals surface area contributed by atoms with Gasteiger partial charge in [0.1, 0.15) is 18.3 Å². The lowest BCUT2D eigenvalue weighted by Crippen LogP contribution is -2.56. The van der Waals surface area contributed by atoms with E-state index in [-0.39, 0.29) is 18.4 Å². The van der Waals surface area contributed by atoms with Crippen molar-refractivity contribution < 1.29 is 14.3 Å². The first kappa shape index (κ1) is 19.7. The van der Waals surface area contributed by atoms with Crippen molar-refractivity contribution in [2.24, 2.45) is 0 Å². The van der Waals surface area contributed by atoms with Gasteiger partial charge < -0.3 is 9.64 Å². The Kier molecular flexibility index (Phi) is 5.27. The Morgan fingerprint density at radius 3 is 2.13 bits per heavy atom. The highest BCUT2D eigenvalue weighted by Crippen LogP contribution is 2.35. The Balaban J connectivity index is 1.79. The zero-order valence-electron chi connectivity index (χ0n) is 17.3. The number of carbonyl (C=O) groups is 2. The number of carbonyl (C=O) groups excluding carboxylic acids is 2. The first-order valence-corrected chi connectivity index (χ1v) is 9.89. The molecule has 3 aromatic rings. The monoisotopic (exact) mass is 400 g/mol. The Morgan fingerprint density at radius 2 is 1.50 bits per heavy atom. The fourth-order valence-corrected chi connectivity index (χ4v) is 3.77. The van der Waals surface area contributed by atoms with Gasteiger partial charge in [-0.05, 0) is 66.9 Å². The highest BCUT2D eigenvalue weighted by atomic mass is 16.5. The lowest BCUT2D eigenvalue weighted by atomic mass is 9.99. The molecule has 0 aromatic heterocycles. The minimum atomic E-state index is -0.734. The normalized spacial score (nSPS) is 16.7. The highest BCUT2D eigenvalue weighted by molar-refractivity contribution is 6.14. The molecule has 5 nitrogen and oxygen atoms in total. The first-order valence-electron chi connectivity index (χ1n) is 9.89. The second-order valence-corrected chi connectivity index (χ2v) is 7.47. The van der Waals surface area contributed by atoms with E-state index in [0.29, 0.717) is 11.4 Å². The van der Waals surface area contributed by atoms with Gasteiger partial charge in [-0.3, -0.25) is 14.5 Å². The predicted octanol–water partition coefficient (Wildman–Crippen LogP) is 4.43. The summed E-state index contributed by atoms with van der Waals surface area (Å²) in [5, 5.41) is 0. The molecule has 1 aliphatic rings. The van der Waals surface area contributed by atoms with Crippen LogP contribution in [-0.2, 0) is 9.59 Å². The molecule has 1 aliphatic heterocycles. The maximum atomic E-state index is 13.7. The molecular formula is C25H24N2O3. The standard InChI is InChI=1S/C25H24N2O3/c1-17-9-10-21(15-18(17)2)26-16-23(28)27(20-11-13-22(30-3)14-12-20)24(25(26)29)19-7-5-4-6-8-19/h4-15,24H,16H2,1-3H3/t24-/m0/s1. The Hall–Kier alpha value is -3.60. The number of piperazine rings is 1. The molecule has 30 heavy (non-hydrogen) atoms. The van der Waals surface area contributed by atoms with E-state index in [4.69, 9.17) is 4.74 Å². The molecular weight excluding hydrogens is 376 g/mol. The summed E-state index contributed by atoms with van der Waals surface area (Å²) in [7, 11) is 1.60. The Labute approximate surface area is 176 Å². The van der Waals surface area contributed by atoms with Crippen LogP contribution in [0.1, 0.15) is 22.7 Å². The molecule has 152 valence electrons. The average molecular weight is 400 g/mol. The van der Waals surface area contributed by atoms with E-state index >= 15 is 0 Å². The van der Waals surface area contributed by atoms with Crippen molar-refractivity contribution in [3.8, 4) is 5.75 Å². The van der Waals surface area contributed by atoms with Gasteiger partial charge in [-0.2, -0.15) is 0 Å². The van der Waals surface area contributed by atoms with Gasteiger partial charge in [0, 0.05) is 11.4 Å². The van der Waals surface area contributed by atoms with Crippen molar-refractivity contribution in [3.05, 3.63) is 89.5 Å². The number of benzene rings is 3. The van der Waals surface area contributed by atoms with E-state index in [0.717, 1.165) is 22.4 Å². The van der Waals surface area contributed by atoms with Crippen molar-refractivity contribution >= 4 is 23.2 Å². The Bertz CT molecular complexity index is 1080. The molecule has 4 rings (SSSR count). The van der Waals surface area contributed by atoms with E-state index < -0.39 is 6.04 Å². The van der Waals surface area contributed by atoms with E-state index in [9.17, 15) is 9.59 Å². The molecule has 1 heterocycles. The molecule has 0 N–H and O–H groups in total. The van der Waals surface area contributed by atoms with Crippen LogP contribution in [0.25, 0.3) is 0 Å². The van der Waals surface area contributed by atoms with Gasteiger partial charge in [0.05, 0.1) is 7.11 Å². The lowest BCUT2D eigenvalue weighted by molar-refractivity contribution is -0.128. The van der Waals surface area contributed by atoms with Crippen LogP contribution >= 0.6 is 0 Å². The summed E-state index contributed by atoms with van der Waals surface area (Å²) >= 11 is 0. The third kappa shape index (κ3) is 3.54. The van der Waals surface area contributed by atoms with Crippen LogP contribution < -0.4 is 14.5 Å². The number of hydrogen-bond acceptors (Lipinski definition) is 3. The minimum absolute atomic E-state index is 0.00328. The summed E-state index contributed by atoms with van der Waals surface area (Å²) in [6.07, 6.45) is 0. The number of hydrogen-bond donors (Lipinski definition) is 0. The summed E-state index contributed by atoms with van der Waals surface area (Å²) in [4.78, 5) is 30.2. The largest absolute Gasteiger partial charge is 0.497 e. The van der Waals surface area contributed by atoms with E-state index in [1.165, 1.54) is 0 Å². The number of methoxy groups -OCH3 is 1. The fraction of sp³-hybridized carbons (Fsp3) is 0.200. The molecule has 0 radical (unpaired) electrons. The van der Waals surface area contributed by atoms with Crippen LogP contribution in [0.15, 0.2) is 72.8 Å². The molecule has 2 amide bonds. The van der Waals surface area contributed by atoms with Crippen LogP contribution in [0.5, 0.6) is 5.75 Å². The first-order chi connectivity index (χ1) is 14.5. The summed E-state index contributed by atoms with van der Waals surface area (Å²) in [6.45, 7) is 4.03. The van der Waals surface area contributed by atoms with Crippen LogP contribution in [0, 0.1) is 13.8 Å². The number of ether oxygens (including phenoxy) is 1. The van der Waals surface area contributed by atoms with E-state index in [1.54, 1.807) is 29.0 Å². The summed E-state index contributed by atoms with van der Waals surface area (Å²) < 4.78 is 5.23. The minimum Gasteiger partial charge on any atom is -0.497 e. The molecule has 0 spiro atoms. The quantitative estimate of drug-likeness (QED) is 0.651. The van der Waals surface area contributed by atoms with Crippen LogP contribution in [0.3, 0.4) is 0 Å². The van der Waals surface area contributed by atoms with E-state index in [1.807, 2.05) is 74.5 Å². The fourth-order valence-electron chi connectivity index (χ4n) is 3.77. The topological polar surface area (TPSA) is 49.9 Å². The average Bonchev–Trinajstić information content (AvgIpc) is 2.77. The second kappa shape index (κ2) is 8.03. The molecule has 1 atom stereocenters. The zero-order chi connectivity index (χ0) is 21.3. The number of rotatable bonds is 4. The van der Waals surface area contributed by atoms with E-state index in [2.05, 4.69) is 0 Å². The van der Waals surface area contributed by atoms with Crippen LogP contribution in [0.2, 0.25) is 0 Å².